The molecule has 0 amide bonds. The molecule has 1 atom stereocenters. The third-order valence-corrected chi connectivity index (χ3v) is 1.26. The van der Waals surface area contributed by atoms with Crippen molar-refractivity contribution in [3.8, 4) is 6.07 Å². The lowest BCUT2D eigenvalue weighted by molar-refractivity contribution is 1.02. The highest BCUT2D eigenvalue weighted by Crippen LogP contribution is 2.16. The largest absolute Gasteiger partial charge is 0.192 e. The second kappa shape index (κ2) is 2.54. The van der Waals surface area contributed by atoms with Crippen molar-refractivity contribution in [3.63, 3.8) is 0 Å². The molecule has 0 bridgehead atoms. The summed E-state index contributed by atoms with van der Waals surface area (Å²) in [5.41, 5.74) is 0.719. The van der Waals surface area contributed by atoms with E-state index >= 15 is 0 Å². The minimum absolute atomic E-state index is 0.113. The van der Waals surface area contributed by atoms with E-state index in [0.29, 0.717) is 0 Å². The molecule has 0 unspecified atom stereocenters. The smallest absolute Gasteiger partial charge is 0.0988 e. The number of hydrogen-bond donors (Lipinski definition) is 0. The highest BCUT2D eigenvalue weighted by atomic mass is 14.2. The van der Waals surface area contributed by atoms with Crippen LogP contribution in [-0.4, -0.2) is 7.85 Å². The minimum atomic E-state index is 0.113. The van der Waals surface area contributed by atoms with Crippen molar-refractivity contribution in [1.29, 1.82) is 5.26 Å². The van der Waals surface area contributed by atoms with Crippen LogP contribution in [-0.2, 0) is 0 Å². The number of allylic oxidation sites excluding steroid dienone is 4. The molecule has 1 aliphatic rings. The van der Waals surface area contributed by atoms with E-state index in [0.717, 1.165) is 12.0 Å². The van der Waals surface area contributed by atoms with Crippen molar-refractivity contribution in [2.45, 2.75) is 12.2 Å². The quantitative estimate of drug-likeness (QED) is 0.437. The molecule has 42 valence electrons. The normalized spacial score (nSPS) is 24.8. The predicted octanol–water partition coefficient (Wildman–Crippen LogP) is 1.35. The summed E-state index contributed by atoms with van der Waals surface area (Å²) in [6.45, 7) is 0. The third kappa shape index (κ3) is 1.46. The first kappa shape index (κ1) is 6.16. The highest BCUT2D eigenvalue weighted by Gasteiger charge is 2.00. The summed E-state index contributed by atoms with van der Waals surface area (Å²) >= 11 is 0. The number of nitrogens with zero attached hydrogens (tertiary/aromatic N) is 1. The van der Waals surface area contributed by atoms with E-state index in [4.69, 9.17) is 13.1 Å². The van der Waals surface area contributed by atoms with Crippen molar-refractivity contribution in [3.05, 3.63) is 23.8 Å². The lowest BCUT2D eigenvalue weighted by Gasteiger charge is -2.05. The van der Waals surface area contributed by atoms with Crippen LogP contribution in [0, 0.1) is 11.3 Å². The summed E-state index contributed by atoms with van der Waals surface area (Å²) in [4.78, 5) is 0. The SMILES string of the molecule is [B][C@@H]1C=CC(C#N)=CC1. The summed E-state index contributed by atoms with van der Waals surface area (Å²) < 4.78 is 0. The van der Waals surface area contributed by atoms with Crippen LogP contribution in [0.25, 0.3) is 0 Å². The summed E-state index contributed by atoms with van der Waals surface area (Å²) in [5, 5.41) is 8.37. The average Bonchev–Trinajstić information content (AvgIpc) is 1.90. The number of rotatable bonds is 0. The zero-order chi connectivity index (χ0) is 6.69. The molecule has 9 heavy (non-hydrogen) atoms. The molecule has 0 saturated heterocycles. The Morgan fingerprint density at radius 1 is 1.78 bits per heavy atom. The highest BCUT2D eigenvalue weighted by molar-refractivity contribution is 6.13. The fourth-order valence-electron chi connectivity index (χ4n) is 0.720. The van der Waals surface area contributed by atoms with Crippen molar-refractivity contribution in [2.75, 3.05) is 0 Å². The van der Waals surface area contributed by atoms with Gasteiger partial charge in [-0.3, -0.25) is 0 Å². The molecule has 0 spiro atoms. The monoisotopic (exact) mass is 115 g/mol. The van der Waals surface area contributed by atoms with Gasteiger partial charge in [-0.15, -0.1) is 0 Å². The average molecular weight is 115 g/mol. The summed E-state index contributed by atoms with van der Waals surface area (Å²) in [5.74, 6) is 0.113. The maximum absolute atomic E-state index is 8.37. The molecule has 0 aliphatic heterocycles. The van der Waals surface area contributed by atoms with Gasteiger partial charge >= 0.3 is 0 Å². The van der Waals surface area contributed by atoms with Gasteiger partial charge in [0.2, 0.25) is 0 Å². The van der Waals surface area contributed by atoms with Gasteiger partial charge in [0.05, 0.1) is 13.9 Å². The first-order valence-electron chi connectivity index (χ1n) is 2.87. The van der Waals surface area contributed by atoms with E-state index < -0.39 is 0 Å². The topological polar surface area (TPSA) is 23.8 Å². The molecule has 0 heterocycles. The van der Waals surface area contributed by atoms with Gasteiger partial charge in [0.1, 0.15) is 0 Å². The zero-order valence-electron chi connectivity index (χ0n) is 5.04. The maximum Gasteiger partial charge on any atom is 0.0988 e. The zero-order valence-corrected chi connectivity index (χ0v) is 5.04. The van der Waals surface area contributed by atoms with Gasteiger partial charge in [-0.25, -0.2) is 0 Å². The molecule has 2 radical (unpaired) electrons. The van der Waals surface area contributed by atoms with Gasteiger partial charge in [-0.2, -0.15) is 5.26 Å². The fourth-order valence-corrected chi connectivity index (χ4v) is 0.720. The fraction of sp³-hybridized carbons (Fsp3) is 0.286. The second-order valence-corrected chi connectivity index (χ2v) is 2.03. The Morgan fingerprint density at radius 3 is 3.00 bits per heavy atom. The van der Waals surface area contributed by atoms with Crippen molar-refractivity contribution < 1.29 is 0 Å². The Hall–Kier alpha value is -0.965. The maximum atomic E-state index is 8.37. The van der Waals surface area contributed by atoms with Gasteiger partial charge in [0.15, 0.2) is 0 Å². The number of hydrogen-bond acceptors (Lipinski definition) is 1. The number of nitriles is 1. The molecule has 0 aromatic heterocycles. The van der Waals surface area contributed by atoms with Gasteiger partial charge in [-0.1, -0.05) is 18.0 Å². The molecule has 1 nitrogen and oxygen atoms in total. The molecular formula is C7H6BN. The van der Waals surface area contributed by atoms with E-state index in [9.17, 15) is 0 Å². The standard InChI is InChI=1S/C7H6BN/c8-7-3-1-6(5-9)2-4-7/h1-3,7H,4H2/t7-/m1/s1. The molecule has 2 heteroatoms. The van der Waals surface area contributed by atoms with E-state index in [1.165, 1.54) is 0 Å². The van der Waals surface area contributed by atoms with Crippen LogP contribution in [0.1, 0.15) is 6.42 Å². The van der Waals surface area contributed by atoms with Gasteiger partial charge in [-0.05, 0) is 12.5 Å². The molecular weight excluding hydrogens is 109 g/mol. The van der Waals surface area contributed by atoms with E-state index in [-0.39, 0.29) is 5.82 Å². The van der Waals surface area contributed by atoms with Crippen LogP contribution in [0.4, 0.5) is 0 Å². The first-order chi connectivity index (χ1) is 4.33. The Bertz CT molecular complexity index is 197. The summed E-state index contributed by atoms with van der Waals surface area (Å²) in [7, 11) is 5.51. The van der Waals surface area contributed by atoms with Crippen LogP contribution < -0.4 is 0 Å². The lowest BCUT2D eigenvalue weighted by atomic mass is 9.81. The van der Waals surface area contributed by atoms with Crippen LogP contribution in [0.15, 0.2) is 23.8 Å². The molecule has 1 rings (SSSR count). The van der Waals surface area contributed by atoms with Crippen molar-refractivity contribution >= 4 is 7.85 Å². The van der Waals surface area contributed by atoms with E-state index in [1.807, 2.05) is 18.2 Å². The summed E-state index contributed by atoms with van der Waals surface area (Å²) in [6, 6.07) is 2.04. The first-order valence-corrected chi connectivity index (χ1v) is 2.87. The summed E-state index contributed by atoms with van der Waals surface area (Å²) in [6.07, 6.45) is 6.25. The minimum Gasteiger partial charge on any atom is -0.192 e. The Labute approximate surface area is 56.1 Å². The van der Waals surface area contributed by atoms with E-state index in [2.05, 4.69) is 0 Å². The predicted molar refractivity (Wildman–Crippen MR) is 37.0 cm³/mol. The molecule has 0 aromatic carbocycles. The van der Waals surface area contributed by atoms with Gasteiger partial charge in [0, 0.05) is 5.57 Å². The Balaban J connectivity index is 2.66. The van der Waals surface area contributed by atoms with E-state index in [1.54, 1.807) is 6.08 Å². The van der Waals surface area contributed by atoms with Crippen molar-refractivity contribution in [1.82, 2.24) is 0 Å². The van der Waals surface area contributed by atoms with Crippen LogP contribution in [0.3, 0.4) is 0 Å². The Morgan fingerprint density at radius 2 is 2.56 bits per heavy atom. The Kier molecular flexibility index (Phi) is 1.74. The third-order valence-electron chi connectivity index (χ3n) is 1.26. The van der Waals surface area contributed by atoms with Crippen LogP contribution in [0.2, 0.25) is 5.82 Å². The van der Waals surface area contributed by atoms with Crippen LogP contribution in [0.5, 0.6) is 0 Å². The molecule has 1 aliphatic carbocycles. The molecule has 0 aromatic rings. The molecule has 0 saturated carbocycles. The van der Waals surface area contributed by atoms with Crippen LogP contribution >= 0.6 is 0 Å². The van der Waals surface area contributed by atoms with Crippen molar-refractivity contribution in [2.24, 2.45) is 0 Å². The lowest BCUT2D eigenvalue weighted by Crippen LogP contribution is -1.90. The molecule has 0 fully saturated rings. The second-order valence-electron chi connectivity index (χ2n) is 2.03. The van der Waals surface area contributed by atoms with Gasteiger partial charge in [0.25, 0.3) is 0 Å². The molecule has 0 N–H and O–H groups in total. The van der Waals surface area contributed by atoms with Gasteiger partial charge < -0.3 is 0 Å².